The molecule has 0 spiro atoms. The van der Waals surface area contributed by atoms with Crippen LogP contribution in [0.3, 0.4) is 0 Å². The Labute approximate surface area is 180 Å². The topological polar surface area (TPSA) is 73.6 Å². The second kappa shape index (κ2) is 8.92. The molecule has 1 amide bonds. The number of carbonyl (C=O) groups excluding carboxylic acids is 1. The number of carbonyl (C=O) groups is 1. The second-order valence-corrected chi connectivity index (χ2v) is 7.47. The highest BCUT2D eigenvalue weighted by Gasteiger charge is 2.14. The number of oxazole rings is 1. The van der Waals surface area contributed by atoms with Crippen LogP contribution in [-0.4, -0.2) is 24.6 Å². The summed E-state index contributed by atoms with van der Waals surface area (Å²) < 4.78 is 16.8. The maximum atomic E-state index is 12.4. The molecule has 0 aliphatic carbocycles. The number of aromatic nitrogens is 1. The van der Waals surface area contributed by atoms with Crippen molar-refractivity contribution in [3.63, 3.8) is 0 Å². The maximum Gasteiger partial charge on any atom is 0.262 e. The van der Waals surface area contributed by atoms with Gasteiger partial charge in [0.1, 0.15) is 17.0 Å². The zero-order valence-electron chi connectivity index (χ0n) is 17.7. The molecule has 0 atom stereocenters. The van der Waals surface area contributed by atoms with Crippen LogP contribution in [0, 0.1) is 0 Å². The largest absolute Gasteiger partial charge is 0.495 e. The third-order valence-corrected chi connectivity index (χ3v) is 4.91. The standard InChI is InChI=1S/C25H24N2O4/c1-16(2)17-9-12-23-21(13-17)27-25(31-23)18-10-11-22(29-3)20(14-18)26-24(28)15-30-19-7-5-4-6-8-19/h4-14,16H,15H2,1-3H3,(H,26,28). The van der Waals surface area contributed by atoms with Gasteiger partial charge in [-0.15, -0.1) is 0 Å². The first-order chi connectivity index (χ1) is 15.0. The van der Waals surface area contributed by atoms with E-state index in [0.717, 1.165) is 16.7 Å². The fraction of sp³-hybridized carbons (Fsp3) is 0.200. The van der Waals surface area contributed by atoms with Crippen molar-refractivity contribution in [3.8, 4) is 23.0 Å². The van der Waals surface area contributed by atoms with Crippen LogP contribution in [0.2, 0.25) is 0 Å². The molecule has 4 rings (SSSR count). The molecule has 0 saturated carbocycles. The van der Waals surface area contributed by atoms with E-state index >= 15 is 0 Å². The minimum absolute atomic E-state index is 0.113. The normalized spacial score (nSPS) is 11.0. The number of anilines is 1. The molecule has 0 aliphatic rings. The van der Waals surface area contributed by atoms with E-state index < -0.39 is 0 Å². The number of nitrogens with zero attached hydrogens (tertiary/aromatic N) is 1. The number of benzene rings is 3. The van der Waals surface area contributed by atoms with E-state index in [4.69, 9.17) is 13.9 Å². The van der Waals surface area contributed by atoms with Crippen molar-refractivity contribution >= 4 is 22.7 Å². The van der Waals surface area contributed by atoms with E-state index in [-0.39, 0.29) is 12.5 Å². The summed E-state index contributed by atoms with van der Waals surface area (Å²) in [6, 6.07) is 20.6. The lowest BCUT2D eigenvalue weighted by atomic mass is 10.0. The molecule has 31 heavy (non-hydrogen) atoms. The number of amides is 1. The zero-order valence-corrected chi connectivity index (χ0v) is 17.7. The molecule has 1 N–H and O–H groups in total. The van der Waals surface area contributed by atoms with Crippen LogP contribution >= 0.6 is 0 Å². The van der Waals surface area contributed by atoms with Crippen molar-refractivity contribution < 1.29 is 18.7 Å². The van der Waals surface area contributed by atoms with Crippen LogP contribution in [0.1, 0.15) is 25.3 Å². The molecule has 0 bridgehead atoms. The van der Waals surface area contributed by atoms with E-state index in [1.807, 2.05) is 42.5 Å². The molecule has 0 unspecified atom stereocenters. The van der Waals surface area contributed by atoms with Crippen molar-refractivity contribution in [1.82, 2.24) is 4.98 Å². The van der Waals surface area contributed by atoms with Crippen molar-refractivity contribution in [2.45, 2.75) is 19.8 Å². The molecule has 0 saturated heterocycles. The fourth-order valence-corrected chi connectivity index (χ4v) is 3.22. The van der Waals surface area contributed by atoms with Gasteiger partial charge in [-0.3, -0.25) is 4.79 Å². The summed E-state index contributed by atoms with van der Waals surface area (Å²) >= 11 is 0. The van der Waals surface area contributed by atoms with E-state index in [1.54, 1.807) is 31.4 Å². The lowest BCUT2D eigenvalue weighted by Crippen LogP contribution is -2.20. The molecule has 6 nitrogen and oxygen atoms in total. The van der Waals surface area contributed by atoms with Crippen molar-refractivity contribution in [1.29, 1.82) is 0 Å². The Morgan fingerprint density at radius 1 is 1.06 bits per heavy atom. The van der Waals surface area contributed by atoms with Gasteiger partial charge in [0.25, 0.3) is 5.91 Å². The lowest BCUT2D eigenvalue weighted by Gasteiger charge is -2.12. The van der Waals surface area contributed by atoms with Gasteiger partial charge in [-0.05, 0) is 53.9 Å². The molecule has 1 aromatic heterocycles. The SMILES string of the molecule is COc1ccc(-c2nc3cc(C(C)C)ccc3o2)cc1NC(=O)COc1ccccc1. The minimum Gasteiger partial charge on any atom is -0.495 e. The van der Waals surface area contributed by atoms with Crippen LogP contribution in [-0.2, 0) is 4.79 Å². The molecular weight excluding hydrogens is 392 g/mol. The van der Waals surface area contributed by atoms with Gasteiger partial charge in [-0.2, -0.15) is 0 Å². The smallest absolute Gasteiger partial charge is 0.262 e. The number of fused-ring (bicyclic) bond motifs is 1. The van der Waals surface area contributed by atoms with Crippen molar-refractivity contribution in [2.24, 2.45) is 0 Å². The Kier molecular flexibility index (Phi) is 5.89. The first-order valence-corrected chi connectivity index (χ1v) is 10.1. The minimum atomic E-state index is -0.293. The average molecular weight is 416 g/mol. The van der Waals surface area contributed by atoms with Gasteiger partial charge in [0.15, 0.2) is 12.2 Å². The van der Waals surface area contributed by atoms with Crippen LogP contribution in [0.15, 0.2) is 71.1 Å². The maximum absolute atomic E-state index is 12.4. The first-order valence-electron chi connectivity index (χ1n) is 10.1. The van der Waals surface area contributed by atoms with Crippen LogP contribution in [0.5, 0.6) is 11.5 Å². The Balaban J connectivity index is 1.55. The third kappa shape index (κ3) is 4.69. The van der Waals surface area contributed by atoms with Gasteiger partial charge in [0.2, 0.25) is 5.89 Å². The molecule has 0 fully saturated rings. The lowest BCUT2D eigenvalue weighted by molar-refractivity contribution is -0.118. The Bertz CT molecular complexity index is 1200. The highest BCUT2D eigenvalue weighted by molar-refractivity contribution is 5.94. The summed E-state index contributed by atoms with van der Waals surface area (Å²) in [6.45, 7) is 4.17. The quantitative estimate of drug-likeness (QED) is 0.422. The van der Waals surface area contributed by atoms with Gasteiger partial charge in [-0.25, -0.2) is 4.98 Å². The number of hydrogen-bond donors (Lipinski definition) is 1. The molecule has 4 aromatic rings. The van der Waals surface area contributed by atoms with E-state index in [1.165, 1.54) is 5.56 Å². The highest BCUT2D eigenvalue weighted by Crippen LogP contribution is 2.32. The summed E-state index contributed by atoms with van der Waals surface area (Å²) in [6.07, 6.45) is 0. The number of methoxy groups -OCH3 is 1. The van der Waals surface area contributed by atoms with Crippen LogP contribution in [0.4, 0.5) is 5.69 Å². The van der Waals surface area contributed by atoms with E-state index in [0.29, 0.717) is 29.0 Å². The van der Waals surface area contributed by atoms with Gasteiger partial charge in [-0.1, -0.05) is 38.1 Å². The summed E-state index contributed by atoms with van der Waals surface area (Å²) in [5, 5.41) is 2.84. The average Bonchev–Trinajstić information content (AvgIpc) is 3.22. The number of hydrogen-bond acceptors (Lipinski definition) is 5. The predicted molar refractivity (Wildman–Crippen MR) is 121 cm³/mol. The summed E-state index contributed by atoms with van der Waals surface area (Å²) in [7, 11) is 1.55. The Morgan fingerprint density at radius 3 is 2.61 bits per heavy atom. The Morgan fingerprint density at radius 2 is 1.87 bits per heavy atom. The van der Waals surface area contributed by atoms with Gasteiger partial charge < -0.3 is 19.2 Å². The van der Waals surface area contributed by atoms with E-state index in [2.05, 4.69) is 24.1 Å². The highest BCUT2D eigenvalue weighted by atomic mass is 16.5. The summed E-state index contributed by atoms with van der Waals surface area (Å²) in [5.74, 6) is 1.76. The van der Waals surface area contributed by atoms with Crippen molar-refractivity contribution in [2.75, 3.05) is 19.0 Å². The Hall–Kier alpha value is -3.80. The van der Waals surface area contributed by atoms with Crippen LogP contribution in [0.25, 0.3) is 22.6 Å². The number of ether oxygens (including phenoxy) is 2. The molecule has 0 aliphatic heterocycles. The monoisotopic (exact) mass is 416 g/mol. The predicted octanol–water partition coefficient (Wildman–Crippen LogP) is 5.64. The second-order valence-electron chi connectivity index (χ2n) is 7.47. The molecule has 158 valence electrons. The van der Waals surface area contributed by atoms with Gasteiger partial charge >= 0.3 is 0 Å². The summed E-state index contributed by atoms with van der Waals surface area (Å²) in [5.41, 5.74) is 3.98. The van der Waals surface area contributed by atoms with Crippen molar-refractivity contribution in [3.05, 3.63) is 72.3 Å². The number of rotatable bonds is 7. The van der Waals surface area contributed by atoms with Gasteiger partial charge in [0.05, 0.1) is 12.8 Å². The molecule has 0 radical (unpaired) electrons. The number of nitrogens with one attached hydrogen (secondary N) is 1. The first kappa shape index (κ1) is 20.5. The third-order valence-electron chi connectivity index (χ3n) is 4.91. The summed E-state index contributed by atoms with van der Waals surface area (Å²) in [4.78, 5) is 17.0. The molecule has 1 heterocycles. The van der Waals surface area contributed by atoms with Gasteiger partial charge in [0, 0.05) is 5.56 Å². The van der Waals surface area contributed by atoms with Crippen LogP contribution < -0.4 is 14.8 Å². The van der Waals surface area contributed by atoms with E-state index in [9.17, 15) is 4.79 Å². The number of para-hydroxylation sites is 1. The molecule has 3 aromatic carbocycles. The fourth-order valence-electron chi connectivity index (χ4n) is 3.22. The molecular formula is C25H24N2O4. The molecule has 6 heteroatoms. The zero-order chi connectivity index (χ0) is 21.8.